The van der Waals surface area contributed by atoms with Gasteiger partial charge < -0.3 is 5.11 Å². The summed E-state index contributed by atoms with van der Waals surface area (Å²) >= 11 is 12.7. The highest BCUT2D eigenvalue weighted by atomic mass is 35.5. The summed E-state index contributed by atoms with van der Waals surface area (Å²) in [6, 6.07) is 0.336. The number of carboxylic acids is 1. The molecule has 32 heavy (non-hydrogen) atoms. The first-order valence-corrected chi connectivity index (χ1v) is 9.73. The van der Waals surface area contributed by atoms with Crippen molar-refractivity contribution in [1.29, 1.82) is 0 Å². The average Bonchev–Trinajstić information content (AvgIpc) is 3.25. The number of aromatic nitrogens is 3. The Morgan fingerprint density at radius 3 is 2.03 bits per heavy atom. The number of aryl methyl sites for hydroxylation is 1. The summed E-state index contributed by atoms with van der Waals surface area (Å²) in [5.41, 5.74) is -7.79. The molecule has 2 aromatic heterocycles. The zero-order chi connectivity index (χ0) is 24.2. The third-order valence-corrected chi connectivity index (χ3v) is 5.85. The normalized spacial score (nSPS) is 12.9. The molecule has 0 aliphatic carbocycles. The van der Waals surface area contributed by atoms with Gasteiger partial charge in [0.15, 0.2) is 5.69 Å². The van der Waals surface area contributed by atoms with Crippen molar-refractivity contribution in [2.45, 2.75) is 24.9 Å². The van der Waals surface area contributed by atoms with Crippen LogP contribution in [0.15, 0.2) is 24.5 Å². The number of benzene rings is 1. The molecule has 0 saturated heterocycles. The molecule has 3 rings (SSSR count). The maximum Gasteiger partial charge on any atom is 0.435 e. The number of carboxylic acid groups (broad SMARTS) is 1. The second-order valence-corrected chi connectivity index (χ2v) is 8.36. The molecule has 2 heterocycles. The Morgan fingerprint density at radius 1 is 1.06 bits per heavy atom. The van der Waals surface area contributed by atoms with Gasteiger partial charge in [-0.2, -0.15) is 31.4 Å². The number of carbonyl (C=O) groups is 1. The Labute approximate surface area is 188 Å². The fourth-order valence-electron chi connectivity index (χ4n) is 2.75. The van der Waals surface area contributed by atoms with E-state index in [-0.39, 0.29) is 34.1 Å². The predicted molar refractivity (Wildman–Crippen MR) is 101 cm³/mol. The lowest BCUT2D eigenvalue weighted by Crippen LogP contribution is -2.50. The molecule has 1 N–H and O–H groups in total. The molecule has 0 aliphatic heterocycles. The summed E-state index contributed by atoms with van der Waals surface area (Å²) in [6.07, 6.45) is -10.2. The van der Waals surface area contributed by atoms with Gasteiger partial charge in [-0.15, -0.1) is 11.3 Å². The van der Waals surface area contributed by atoms with E-state index in [9.17, 15) is 35.5 Å². The van der Waals surface area contributed by atoms with E-state index in [1.54, 1.807) is 0 Å². The van der Waals surface area contributed by atoms with Crippen LogP contribution in [-0.4, -0.2) is 38.2 Å². The van der Waals surface area contributed by atoms with Gasteiger partial charge in [-0.3, -0.25) is 0 Å². The van der Waals surface area contributed by atoms with Crippen LogP contribution in [0, 0.1) is 6.92 Å². The van der Waals surface area contributed by atoms with Gasteiger partial charge in [0.2, 0.25) is 0 Å². The summed E-state index contributed by atoms with van der Waals surface area (Å²) in [7, 11) is 0. The minimum Gasteiger partial charge on any atom is -0.476 e. The van der Waals surface area contributed by atoms with Crippen LogP contribution in [0.3, 0.4) is 0 Å². The maximum absolute atomic E-state index is 14.3. The fourth-order valence-corrected chi connectivity index (χ4v) is 4.29. The molecule has 3 aromatic rings. The number of alkyl halides is 7. The molecule has 0 unspecified atom stereocenters. The molecule has 0 radical (unpaired) electrons. The largest absolute Gasteiger partial charge is 0.476 e. The van der Waals surface area contributed by atoms with Gasteiger partial charge in [0.25, 0.3) is 0 Å². The number of rotatable bonds is 4. The molecular formula is C17H8Cl2F7N3O2S. The summed E-state index contributed by atoms with van der Waals surface area (Å²) in [6.45, 7) is 1.52. The molecule has 0 bridgehead atoms. The first-order chi connectivity index (χ1) is 14.6. The van der Waals surface area contributed by atoms with E-state index in [2.05, 4.69) is 10.1 Å². The molecule has 0 fully saturated rings. The monoisotopic (exact) mass is 521 g/mol. The molecule has 15 heteroatoms. The average molecular weight is 522 g/mol. The van der Waals surface area contributed by atoms with Gasteiger partial charge in [-0.05, 0) is 19.1 Å². The summed E-state index contributed by atoms with van der Waals surface area (Å²) in [5.74, 6) is -1.26. The molecule has 0 amide bonds. The number of aromatic carboxylic acids is 1. The second-order valence-electron chi connectivity index (χ2n) is 6.35. The van der Waals surface area contributed by atoms with Crippen molar-refractivity contribution < 1.29 is 40.6 Å². The number of thiazole rings is 1. The predicted octanol–water partition coefficient (Wildman–Crippen LogP) is 6.60. The van der Waals surface area contributed by atoms with Crippen LogP contribution >= 0.6 is 34.5 Å². The Kier molecular flexibility index (Phi) is 5.98. The van der Waals surface area contributed by atoms with E-state index in [1.807, 2.05) is 0 Å². The van der Waals surface area contributed by atoms with Crippen LogP contribution in [0.1, 0.15) is 20.9 Å². The quantitative estimate of drug-likeness (QED) is 0.393. The SMILES string of the molecule is Cc1sc(-c2cnn(-c3c(Cl)cc(C(F)(C(F)(F)F)C(F)(F)F)cc3Cl)c2)nc1C(=O)O. The third kappa shape index (κ3) is 3.92. The van der Waals surface area contributed by atoms with Gasteiger partial charge in [0.05, 0.1) is 16.2 Å². The van der Waals surface area contributed by atoms with Crippen LogP contribution in [0.25, 0.3) is 16.3 Å². The first kappa shape index (κ1) is 24.3. The lowest BCUT2D eigenvalue weighted by atomic mass is 9.94. The number of nitrogens with zero attached hydrogens (tertiary/aromatic N) is 3. The van der Waals surface area contributed by atoms with Crippen LogP contribution in [-0.2, 0) is 5.67 Å². The summed E-state index contributed by atoms with van der Waals surface area (Å²) < 4.78 is 93.3. The van der Waals surface area contributed by atoms with Crippen LogP contribution in [0.5, 0.6) is 0 Å². The Hall–Kier alpha value is -2.38. The molecule has 1 aromatic carbocycles. The highest BCUT2D eigenvalue weighted by Crippen LogP contribution is 2.54. The smallest absolute Gasteiger partial charge is 0.435 e. The van der Waals surface area contributed by atoms with Gasteiger partial charge in [-0.1, -0.05) is 23.2 Å². The van der Waals surface area contributed by atoms with Crippen LogP contribution < -0.4 is 0 Å². The minimum absolute atomic E-state index is 0.168. The van der Waals surface area contributed by atoms with Gasteiger partial charge in [-0.25, -0.2) is 18.9 Å². The van der Waals surface area contributed by atoms with E-state index in [0.29, 0.717) is 4.88 Å². The maximum atomic E-state index is 14.3. The molecule has 0 saturated carbocycles. The fraction of sp³-hybridized carbons (Fsp3) is 0.235. The van der Waals surface area contributed by atoms with E-state index >= 15 is 0 Å². The Bertz CT molecular complexity index is 1170. The van der Waals surface area contributed by atoms with E-state index in [1.165, 1.54) is 19.3 Å². The van der Waals surface area contributed by atoms with Crippen molar-refractivity contribution in [2.75, 3.05) is 0 Å². The molecule has 172 valence electrons. The van der Waals surface area contributed by atoms with Crippen molar-refractivity contribution in [3.8, 4) is 16.3 Å². The highest BCUT2D eigenvalue weighted by molar-refractivity contribution is 7.15. The zero-order valence-electron chi connectivity index (χ0n) is 15.3. The van der Waals surface area contributed by atoms with Gasteiger partial charge >= 0.3 is 24.0 Å². The molecular weight excluding hydrogens is 514 g/mol. The van der Waals surface area contributed by atoms with Crippen molar-refractivity contribution in [3.05, 3.63) is 50.7 Å². The van der Waals surface area contributed by atoms with Crippen LogP contribution in [0.4, 0.5) is 30.7 Å². The van der Waals surface area contributed by atoms with Crippen molar-refractivity contribution in [2.24, 2.45) is 0 Å². The number of hydrogen-bond acceptors (Lipinski definition) is 4. The summed E-state index contributed by atoms with van der Waals surface area (Å²) in [4.78, 5) is 15.5. The van der Waals surface area contributed by atoms with Crippen molar-refractivity contribution in [1.82, 2.24) is 14.8 Å². The zero-order valence-corrected chi connectivity index (χ0v) is 17.6. The van der Waals surface area contributed by atoms with Crippen LogP contribution in [0.2, 0.25) is 10.0 Å². The van der Waals surface area contributed by atoms with E-state index in [0.717, 1.165) is 16.0 Å². The van der Waals surface area contributed by atoms with Crippen molar-refractivity contribution in [3.63, 3.8) is 0 Å². The second kappa shape index (κ2) is 7.89. The lowest BCUT2D eigenvalue weighted by molar-refractivity contribution is -0.348. The number of halogens is 9. The lowest BCUT2D eigenvalue weighted by Gasteiger charge is -2.30. The third-order valence-electron chi connectivity index (χ3n) is 4.25. The molecule has 5 nitrogen and oxygen atoms in total. The summed E-state index contributed by atoms with van der Waals surface area (Å²) in [5, 5.41) is 11.7. The van der Waals surface area contributed by atoms with E-state index in [4.69, 9.17) is 28.3 Å². The van der Waals surface area contributed by atoms with Gasteiger partial charge in [0, 0.05) is 22.2 Å². The minimum atomic E-state index is -6.33. The Morgan fingerprint density at radius 2 is 1.59 bits per heavy atom. The van der Waals surface area contributed by atoms with Crippen molar-refractivity contribution >= 4 is 40.5 Å². The van der Waals surface area contributed by atoms with Gasteiger partial charge in [0.1, 0.15) is 10.7 Å². The molecule has 0 aliphatic rings. The highest BCUT2D eigenvalue weighted by Gasteiger charge is 2.73. The molecule has 0 spiro atoms. The van der Waals surface area contributed by atoms with E-state index < -0.39 is 39.6 Å². The topological polar surface area (TPSA) is 68.0 Å². The number of hydrogen-bond donors (Lipinski definition) is 1. The Balaban J connectivity index is 2.09. The first-order valence-electron chi connectivity index (χ1n) is 8.16. The standard InChI is InChI=1S/C17H8Cl2F7N3O2S/c1-6-11(14(30)31)28-13(32-6)7-4-27-29(5-7)12-9(18)2-8(3-10(12)19)15(20,16(21,22)23)17(24,25)26/h2-5H,1H3,(H,30,31). The molecule has 0 atom stereocenters.